The largest absolute Gasteiger partial charge is 0.480 e. The molecule has 2 heterocycles. The molecule has 2 fully saturated rings. The molecular formula is C13H22N2O3. The first-order valence-electron chi connectivity index (χ1n) is 6.84. The number of hydrogen-bond acceptors (Lipinski definition) is 2. The molecule has 0 saturated carbocycles. The van der Waals surface area contributed by atoms with Crippen LogP contribution in [0.4, 0.5) is 4.79 Å². The van der Waals surface area contributed by atoms with Crippen LogP contribution in [-0.2, 0) is 4.79 Å². The predicted molar refractivity (Wildman–Crippen MR) is 67.4 cm³/mol. The zero-order valence-electron chi connectivity index (χ0n) is 11.1. The Hall–Kier alpha value is -1.26. The molecule has 3 atom stereocenters. The lowest BCUT2D eigenvalue weighted by molar-refractivity contribution is -0.141. The van der Waals surface area contributed by atoms with Gasteiger partial charge in [0.05, 0.1) is 0 Å². The van der Waals surface area contributed by atoms with Gasteiger partial charge in [0, 0.05) is 18.6 Å². The molecule has 0 spiro atoms. The minimum absolute atomic E-state index is 0.0837. The number of carbonyl (C=O) groups excluding carboxylic acids is 1. The van der Waals surface area contributed by atoms with E-state index in [1.165, 1.54) is 0 Å². The summed E-state index contributed by atoms with van der Waals surface area (Å²) in [5.41, 5.74) is 0. The maximum absolute atomic E-state index is 12.5. The molecule has 1 N–H and O–H groups in total. The van der Waals surface area contributed by atoms with Crippen LogP contribution >= 0.6 is 0 Å². The minimum atomic E-state index is -0.877. The number of carboxylic acid groups (broad SMARTS) is 1. The number of carbonyl (C=O) groups is 2. The van der Waals surface area contributed by atoms with Crippen molar-refractivity contribution in [1.82, 2.24) is 9.80 Å². The summed E-state index contributed by atoms with van der Waals surface area (Å²) < 4.78 is 0. The van der Waals surface area contributed by atoms with E-state index in [-0.39, 0.29) is 18.1 Å². The van der Waals surface area contributed by atoms with E-state index in [1.807, 2.05) is 4.90 Å². The number of urea groups is 1. The van der Waals surface area contributed by atoms with Gasteiger partial charge in [-0.25, -0.2) is 9.59 Å². The molecule has 0 aromatic carbocycles. The Bertz CT molecular complexity index is 335. The highest BCUT2D eigenvalue weighted by Crippen LogP contribution is 2.27. The molecule has 2 aliphatic rings. The summed E-state index contributed by atoms with van der Waals surface area (Å²) in [7, 11) is 0. The van der Waals surface area contributed by atoms with Crippen LogP contribution in [0.15, 0.2) is 0 Å². The lowest BCUT2D eigenvalue weighted by atomic mass is 9.98. The van der Waals surface area contributed by atoms with Crippen molar-refractivity contribution in [3.63, 3.8) is 0 Å². The van der Waals surface area contributed by atoms with Crippen molar-refractivity contribution in [1.29, 1.82) is 0 Å². The lowest BCUT2D eigenvalue weighted by Crippen LogP contribution is -2.55. The van der Waals surface area contributed by atoms with E-state index in [1.54, 1.807) is 4.90 Å². The van der Waals surface area contributed by atoms with Gasteiger partial charge in [0.15, 0.2) is 0 Å². The molecule has 5 heteroatoms. The molecule has 5 nitrogen and oxygen atoms in total. The van der Waals surface area contributed by atoms with Crippen LogP contribution < -0.4 is 0 Å². The first-order valence-corrected chi connectivity index (χ1v) is 6.84. The molecular weight excluding hydrogens is 232 g/mol. The zero-order chi connectivity index (χ0) is 13.3. The van der Waals surface area contributed by atoms with Crippen molar-refractivity contribution in [2.75, 3.05) is 6.54 Å². The summed E-state index contributed by atoms with van der Waals surface area (Å²) >= 11 is 0. The topological polar surface area (TPSA) is 60.9 Å². The number of carboxylic acids is 1. The van der Waals surface area contributed by atoms with E-state index < -0.39 is 12.0 Å². The molecule has 2 amide bonds. The van der Waals surface area contributed by atoms with Crippen molar-refractivity contribution in [2.24, 2.45) is 0 Å². The van der Waals surface area contributed by atoms with Crippen molar-refractivity contribution in [3.8, 4) is 0 Å². The maximum atomic E-state index is 12.5. The molecule has 0 aromatic heterocycles. The molecule has 2 saturated heterocycles. The maximum Gasteiger partial charge on any atom is 0.326 e. The van der Waals surface area contributed by atoms with Crippen molar-refractivity contribution in [2.45, 2.75) is 64.1 Å². The average molecular weight is 254 g/mol. The third kappa shape index (κ3) is 2.31. The average Bonchev–Trinajstić information content (AvgIpc) is 2.77. The van der Waals surface area contributed by atoms with Crippen LogP contribution in [0.2, 0.25) is 0 Å². The van der Waals surface area contributed by atoms with Crippen molar-refractivity contribution in [3.05, 3.63) is 0 Å². The second-order valence-corrected chi connectivity index (χ2v) is 5.51. The number of rotatable bonds is 1. The lowest BCUT2D eigenvalue weighted by Gasteiger charge is -2.41. The zero-order valence-corrected chi connectivity index (χ0v) is 11.1. The van der Waals surface area contributed by atoms with Gasteiger partial charge in [-0.3, -0.25) is 0 Å². The Balaban J connectivity index is 2.12. The molecule has 102 valence electrons. The summed E-state index contributed by atoms with van der Waals surface area (Å²) in [6.45, 7) is 4.69. The van der Waals surface area contributed by atoms with Crippen LogP contribution in [0, 0.1) is 0 Å². The summed E-state index contributed by atoms with van der Waals surface area (Å²) in [6.07, 6.45) is 4.55. The summed E-state index contributed by atoms with van der Waals surface area (Å²) in [5.74, 6) is -0.877. The highest BCUT2D eigenvalue weighted by molar-refractivity contribution is 5.83. The number of hydrogen-bond donors (Lipinski definition) is 1. The Kier molecular flexibility index (Phi) is 3.78. The van der Waals surface area contributed by atoms with Crippen LogP contribution in [-0.4, -0.2) is 51.6 Å². The van der Waals surface area contributed by atoms with E-state index in [0.29, 0.717) is 13.0 Å². The quantitative estimate of drug-likeness (QED) is 0.777. The number of piperidine rings is 1. The normalized spacial score (nSPS) is 32.7. The first kappa shape index (κ1) is 13.2. The monoisotopic (exact) mass is 254 g/mol. The van der Waals surface area contributed by atoms with Gasteiger partial charge in [-0.1, -0.05) is 0 Å². The number of amides is 2. The van der Waals surface area contributed by atoms with Crippen LogP contribution in [0.5, 0.6) is 0 Å². The fourth-order valence-electron chi connectivity index (χ4n) is 3.20. The summed E-state index contributed by atoms with van der Waals surface area (Å²) in [4.78, 5) is 27.1. The van der Waals surface area contributed by atoms with E-state index in [9.17, 15) is 9.59 Å². The summed E-state index contributed by atoms with van der Waals surface area (Å²) in [6, 6.07) is -0.272. The van der Waals surface area contributed by atoms with Gasteiger partial charge in [0.25, 0.3) is 0 Å². The molecule has 2 rings (SSSR count). The highest BCUT2D eigenvalue weighted by atomic mass is 16.4. The molecule has 0 bridgehead atoms. The van der Waals surface area contributed by atoms with Crippen LogP contribution in [0.3, 0.4) is 0 Å². The number of nitrogens with zero attached hydrogens (tertiary/aromatic N) is 2. The first-order chi connectivity index (χ1) is 8.52. The van der Waals surface area contributed by atoms with E-state index in [4.69, 9.17) is 5.11 Å². The highest BCUT2D eigenvalue weighted by Gasteiger charge is 2.39. The third-order valence-corrected chi connectivity index (χ3v) is 4.20. The van der Waals surface area contributed by atoms with E-state index >= 15 is 0 Å². The number of aliphatic carboxylic acids is 1. The van der Waals surface area contributed by atoms with Crippen molar-refractivity contribution < 1.29 is 14.7 Å². The Morgan fingerprint density at radius 3 is 2.22 bits per heavy atom. The smallest absolute Gasteiger partial charge is 0.326 e. The van der Waals surface area contributed by atoms with E-state index in [2.05, 4.69) is 13.8 Å². The molecule has 0 radical (unpaired) electrons. The summed E-state index contributed by atoms with van der Waals surface area (Å²) in [5, 5.41) is 9.15. The van der Waals surface area contributed by atoms with Crippen LogP contribution in [0.25, 0.3) is 0 Å². The van der Waals surface area contributed by atoms with Gasteiger partial charge in [0.1, 0.15) is 6.04 Å². The molecule has 0 aromatic rings. The Morgan fingerprint density at radius 2 is 1.67 bits per heavy atom. The van der Waals surface area contributed by atoms with E-state index in [0.717, 1.165) is 25.7 Å². The fraction of sp³-hybridized carbons (Fsp3) is 0.846. The van der Waals surface area contributed by atoms with Gasteiger partial charge in [-0.15, -0.1) is 0 Å². The third-order valence-electron chi connectivity index (χ3n) is 4.20. The Labute approximate surface area is 108 Å². The second-order valence-electron chi connectivity index (χ2n) is 5.51. The second kappa shape index (κ2) is 5.16. The number of likely N-dealkylation sites (tertiary alicyclic amines) is 2. The standard InChI is InChI=1S/C13H22N2O3/c1-9-5-3-6-10(2)15(9)13(18)14-8-4-7-11(14)12(16)17/h9-11H,3-8H2,1-2H3,(H,16,17). The van der Waals surface area contributed by atoms with Gasteiger partial charge in [-0.05, 0) is 46.0 Å². The van der Waals surface area contributed by atoms with Gasteiger partial charge < -0.3 is 14.9 Å². The molecule has 0 aliphatic carbocycles. The fourth-order valence-corrected chi connectivity index (χ4v) is 3.20. The molecule has 3 unspecified atom stereocenters. The molecule has 2 aliphatic heterocycles. The minimum Gasteiger partial charge on any atom is -0.480 e. The van der Waals surface area contributed by atoms with Crippen molar-refractivity contribution >= 4 is 12.0 Å². The SMILES string of the molecule is CC1CCCC(C)N1C(=O)N1CCCC1C(=O)O. The van der Waals surface area contributed by atoms with Gasteiger partial charge in [0.2, 0.25) is 0 Å². The van der Waals surface area contributed by atoms with Gasteiger partial charge in [-0.2, -0.15) is 0 Å². The Morgan fingerprint density at radius 1 is 1.06 bits per heavy atom. The molecule has 18 heavy (non-hydrogen) atoms. The van der Waals surface area contributed by atoms with Gasteiger partial charge >= 0.3 is 12.0 Å². The predicted octanol–water partition coefficient (Wildman–Crippen LogP) is 1.92. The van der Waals surface area contributed by atoms with Crippen LogP contribution in [0.1, 0.15) is 46.0 Å².